The molecule has 0 saturated heterocycles. The minimum atomic E-state index is -5.01. The van der Waals surface area contributed by atoms with Gasteiger partial charge in [0.1, 0.15) is 19.3 Å². The van der Waals surface area contributed by atoms with Gasteiger partial charge in [-0.2, -0.15) is 0 Å². The van der Waals surface area contributed by atoms with Gasteiger partial charge in [-0.05, 0) is 96.3 Å². The van der Waals surface area contributed by atoms with Crippen LogP contribution in [0.5, 0.6) is 0 Å². The molecule has 3 N–H and O–H groups in total. The lowest BCUT2D eigenvalue weighted by atomic mass is 10.0. The Morgan fingerprint density at radius 2 is 0.560 bits per heavy atom. The van der Waals surface area contributed by atoms with Gasteiger partial charge in [0.25, 0.3) is 0 Å². The van der Waals surface area contributed by atoms with Crippen LogP contribution in [0.25, 0.3) is 0 Å². The van der Waals surface area contributed by atoms with Crippen LogP contribution in [0.2, 0.25) is 0 Å². The van der Waals surface area contributed by atoms with Gasteiger partial charge >= 0.3 is 39.5 Å². The van der Waals surface area contributed by atoms with Gasteiger partial charge in [-0.3, -0.25) is 37.3 Å². The third kappa shape index (κ3) is 71.8. The summed E-state index contributed by atoms with van der Waals surface area (Å²) in [5, 5.41) is 10.6. The number of unbranched alkanes of at least 4 members (excludes halogenated alkanes) is 27. The molecule has 0 amide bonds. The number of hydrogen-bond donors (Lipinski definition) is 3. The highest BCUT2D eigenvalue weighted by Crippen LogP contribution is 2.45. The summed E-state index contributed by atoms with van der Waals surface area (Å²) in [6.07, 6.45) is 79.3. The summed E-state index contributed by atoms with van der Waals surface area (Å²) in [4.78, 5) is 72.8. The van der Waals surface area contributed by atoms with Crippen LogP contribution in [0.4, 0.5) is 0 Å². The number of aliphatic hydroxyl groups is 1. The van der Waals surface area contributed by atoms with Crippen molar-refractivity contribution < 1.29 is 80.2 Å². The number of carbonyl (C=O) groups is 4. The van der Waals surface area contributed by atoms with E-state index in [1.165, 1.54) is 109 Å². The van der Waals surface area contributed by atoms with E-state index in [4.69, 9.17) is 37.0 Å². The average molecular weight is 1450 g/mol. The molecule has 0 radical (unpaired) electrons. The number of phosphoric ester groups is 2. The molecular formula is C81H138O17P2. The van der Waals surface area contributed by atoms with Crippen LogP contribution in [-0.2, 0) is 65.4 Å². The number of esters is 4. The van der Waals surface area contributed by atoms with E-state index in [1.54, 1.807) is 12.2 Å². The first kappa shape index (κ1) is 95.5. The standard InChI is InChI=1S/C81H138O17P2/c1-5-9-13-17-21-25-29-33-35-36-37-38-40-43-46-50-54-58-62-66-79(84)92-72-77(98-81(86)68-64-60-56-52-48-44-39-34-30-26-22-18-14-10-6-2)74-96-100(89,90)94-70-75(82)69-93-99(87,88)95-73-76(97-80(85)67-63-59-55-51-47-42-32-28-24-20-16-12-8-4)71-91-78(83)65-61-57-53-49-45-41-31-27-23-19-15-11-7-3/h9-10,13-14,21-22,25-26,33-35,37-39,43,46,48,52,60,64,75-77,82H,5-8,11-12,15-20,23-24,27-32,36,40-42,44-45,47,49-51,53-59,61-63,65-74H2,1-4H3,(H,87,88)(H,89,90)/b13-9-,14-10-,25-21-,26-22-,35-33-,38-37-,39-34-,46-43-,52-48-,64-60-. The van der Waals surface area contributed by atoms with Crippen molar-refractivity contribution in [3.63, 3.8) is 0 Å². The Hall–Kier alpha value is -4.54. The molecular weight excluding hydrogens is 1310 g/mol. The lowest BCUT2D eigenvalue weighted by molar-refractivity contribution is -0.161. The largest absolute Gasteiger partial charge is 0.472 e. The second kappa shape index (κ2) is 72.8. The average Bonchev–Trinajstić information content (AvgIpc) is 0.946. The predicted octanol–water partition coefficient (Wildman–Crippen LogP) is 22.3. The van der Waals surface area contributed by atoms with E-state index in [1.807, 2.05) is 12.2 Å². The third-order valence-electron chi connectivity index (χ3n) is 16.0. The van der Waals surface area contributed by atoms with Crippen molar-refractivity contribution in [3.05, 3.63) is 122 Å². The number of aliphatic hydroxyl groups excluding tert-OH is 1. The molecule has 0 heterocycles. The van der Waals surface area contributed by atoms with Crippen LogP contribution < -0.4 is 0 Å². The zero-order valence-corrected chi connectivity index (χ0v) is 64.4. The SMILES string of the molecule is CC/C=C\C/C=C\C/C=C\C/C=C\C/C=C\CCCCCC(=O)OCC(COP(=O)(O)OCC(O)COP(=O)(O)OCC(COC(=O)CCCCCCCCCCCCCCC)OC(=O)CCCCCCCCCCCCCCC)OC(=O)C/C=C\C/C=C\C/C=C\C/C=C\C/C=C\CC. The molecule has 0 bridgehead atoms. The quantitative estimate of drug-likeness (QED) is 0.0169. The second-order valence-corrected chi connectivity index (χ2v) is 28.5. The van der Waals surface area contributed by atoms with E-state index in [0.717, 1.165) is 122 Å². The monoisotopic (exact) mass is 1440 g/mol. The fraction of sp³-hybridized carbons (Fsp3) is 0.704. The van der Waals surface area contributed by atoms with Crippen molar-refractivity contribution >= 4 is 39.5 Å². The fourth-order valence-corrected chi connectivity index (χ4v) is 11.7. The molecule has 0 aromatic carbocycles. The van der Waals surface area contributed by atoms with Crippen LogP contribution in [0.15, 0.2) is 122 Å². The van der Waals surface area contributed by atoms with Crippen LogP contribution in [0.1, 0.15) is 310 Å². The second-order valence-electron chi connectivity index (χ2n) is 25.6. The van der Waals surface area contributed by atoms with Crippen LogP contribution in [-0.4, -0.2) is 96.7 Å². The van der Waals surface area contributed by atoms with E-state index in [9.17, 15) is 43.2 Å². The lowest BCUT2D eigenvalue weighted by Gasteiger charge is -2.21. The van der Waals surface area contributed by atoms with E-state index >= 15 is 0 Å². The van der Waals surface area contributed by atoms with Crippen molar-refractivity contribution in [1.82, 2.24) is 0 Å². The molecule has 19 heteroatoms. The molecule has 0 aliphatic rings. The van der Waals surface area contributed by atoms with E-state index in [-0.39, 0.29) is 25.7 Å². The molecule has 5 atom stereocenters. The Bertz CT molecular complexity index is 2370. The van der Waals surface area contributed by atoms with Crippen LogP contribution >= 0.6 is 15.6 Å². The normalized spacial score (nSPS) is 14.6. The van der Waals surface area contributed by atoms with E-state index in [2.05, 4.69) is 125 Å². The molecule has 17 nitrogen and oxygen atoms in total. The minimum absolute atomic E-state index is 0.0957. The molecule has 0 fully saturated rings. The van der Waals surface area contributed by atoms with Gasteiger partial charge in [0.15, 0.2) is 12.2 Å². The van der Waals surface area contributed by atoms with Crippen molar-refractivity contribution in [2.75, 3.05) is 39.6 Å². The van der Waals surface area contributed by atoms with Crippen LogP contribution in [0, 0.1) is 0 Å². The first-order valence-corrected chi connectivity index (χ1v) is 41.8. The van der Waals surface area contributed by atoms with Gasteiger partial charge in [-0.15, -0.1) is 0 Å². The maximum absolute atomic E-state index is 13.1. The molecule has 0 saturated carbocycles. The Morgan fingerprint density at radius 3 is 0.890 bits per heavy atom. The zero-order valence-electron chi connectivity index (χ0n) is 62.6. The summed E-state index contributed by atoms with van der Waals surface area (Å²) in [6, 6.07) is 0. The molecule has 0 spiro atoms. The highest BCUT2D eigenvalue weighted by atomic mass is 31.2. The van der Waals surface area contributed by atoms with E-state index in [0.29, 0.717) is 25.7 Å². The highest BCUT2D eigenvalue weighted by Gasteiger charge is 2.30. The highest BCUT2D eigenvalue weighted by molar-refractivity contribution is 7.47. The Labute approximate surface area is 606 Å². The number of phosphoric acid groups is 2. The molecule has 0 aromatic rings. The van der Waals surface area contributed by atoms with Gasteiger partial charge in [0.2, 0.25) is 0 Å². The molecule has 0 aromatic heterocycles. The number of hydrogen-bond acceptors (Lipinski definition) is 15. The topological polar surface area (TPSA) is 237 Å². The molecule has 574 valence electrons. The maximum Gasteiger partial charge on any atom is 0.472 e. The van der Waals surface area contributed by atoms with Gasteiger partial charge in [0, 0.05) is 19.3 Å². The predicted molar refractivity (Wildman–Crippen MR) is 408 cm³/mol. The molecule has 5 unspecified atom stereocenters. The summed E-state index contributed by atoms with van der Waals surface area (Å²) < 4.78 is 68.3. The lowest BCUT2D eigenvalue weighted by Crippen LogP contribution is -2.30. The summed E-state index contributed by atoms with van der Waals surface area (Å²) in [6.45, 7) is 4.51. The Morgan fingerprint density at radius 1 is 0.300 bits per heavy atom. The molecule has 0 aliphatic carbocycles. The number of carbonyl (C=O) groups excluding carboxylic acids is 4. The minimum Gasteiger partial charge on any atom is -0.462 e. The van der Waals surface area contributed by atoms with Gasteiger partial charge in [-0.1, -0.05) is 310 Å². The van der Waals surface area contributed by atoms with E-state index < -0.39 is 97.5 Å². The zero-order chi connectivity index (χ0) is 73.2. The van der Waals surface area contributed by atoms with Crippen LogP contribution in [0.3, 0.4) is 0 Å². The smallest absolute Gasteiger partial charge is 0.462 e. The first-order chi connectivity index (χ1) is 48.7. The summed E-state index contributed by atoms with van der Waals surface area (Å²) >= 11 is 0. The van der Waals surface area contributed by atoms with Crippen molar-refractivity contribution in [2.24, 2.45) is 0 Å². The van der Waals surface area contributed by atoms with Crippen molar-refractivity contribution in [1.29, 1.82) is 0 Å². The summed E-state index contributed by atoms with van der Waals surface area (Å²) in [7, 11) is -9.99. The first-order valence-electron chi connectivity index (χ1n) is 38.8. The van der Waals surface area contributed by atoms with Crippen molar-refractivity contribution in [2.45, 2.75) is 329 Å². The van der Waals surface area contributed by atoms with Gasteiger partial charge in [-0.25, -0.2) is 9.13 Å². The van der Waals surface area contributed by atoms with Gasteiger partial charge < -0.3 is 33.8 Å². The Kier molecular flexibility index (Phi) is 69.5. The third-order valence-corrected chi connectivity index (χ3v) is 17.9. The Balaban J connectivity index is 5.43. The summed E-state index contributed by atoms with van der Waals surface area (Å²) in [5.74, 6) is -2.35. The number of allylic oxidation sites excluding steroid dienone is 19. The maximum atomic E-state index is 13.1. The molecule has 100 heavy (non-hydrogen) atoms. The molecule has 0 aliphatic heterocycles. The summed E-state index contributed by atoms with van der Waals surface area (Å²) in [5.41, 5.74) is 0. The number of ether oxygens (including phenoxy) is 4. The van der Waals surface area contributed by atoms with Crippen molar-refractivity contribution in [3.8, 4) is 0 Å². The molecule has 0 rings (SSSR count). The van der Waals surface area contributed by atoms with Gasteiger partial charge in [0.05, 0.1) is 32.8 Å². The number of rotatable bonds is 72. The fourth-order valence-electron chi connectivity index (χ4n) is 10.1.